The van der Waals surface area contributed by atoms with Gasteiger partial charge >= 0.3 is 5.97 Å². The zero-order valence-corrected chi connectivity index (χ0v) is 55.5. The smallest absolute Gasteiger partial charge is 0.305 e. The van der Waals surface area contributed by atoms with Crippen molar-refractivity contribution in [3.05, 3.63) is 36.5 Å². The molecule has 0 saturated heterocycles. The van der Waals surface area contributed by atoms with E-state index in [1.165, 1.54) is 334 Å². The van der Waals surface area contributed by atoms with Crippen LogP contribution in [0, 0.1) is 0 Å². The minimum absolute atomic E-state index is 0.00869. The third kappa shape index (κ3) is 67.2. The van der Waals surface area contributed by atoms with Gasteiger partial charge in [0.1, 0.15) is 0 Å². The van der Waals surface area contributed by atoms with Crippen LogP contribution in [0.15, 0.2) is 36.5 Å². The number of ether oxygens (including phenoxy) is 1. The van der Waals surface area contributed by atoms with E-state index in [0.717, 1.165) is 51.4 Å². The Morgan fingerprint density at radius 2 is 0.610 bits per heavy atom. The van der Waals surface area contributed by atoms with Gasteiger partial charge in [-0.1, -0.05) is 371 Å². The van der Waals surface area contributed by atoms with Gasteiger partial charge in [-0.2, -0.15) is 0 Å². The predicted octanol–water partition coefficient (Wildman–Crippen LogP) is 24.3. The van der Waals surface area contributed by atoms with Gasteiger partial charge in [0, 0.05) is 12.8 Å². The highest BCUT2D eigenvalue weighted by Gasteiger charge is 2.18. The van der Waals surface area contributed by atoms with Crippen LogP contribution in [-0.2, 0) is 14.3 Å². The van der Waals surface area contributed by atoms with Crippen molar-refractivity contribution in [2.45, 2.75) is 424 Å². The molecule has 0 bridgehead atoms. The van der Waals surface area contributed by atoms with Gasteiger partial charge in [-0.25, -0.2) is 0 Å². The van der Waals surface area contributed by atoms with Gasteiger partial charge in [-0.05, 0) is 64.2 Å². The summed E-state index contributed by atoms with van der Waals surface area (Å²) in [5.41, 5.74) is 0. The van der Waals surface area contributed by atoms with Crippen molar-refractivity contribution in [2.24, 2.45) is 0 Å². The fourth-order valence-electron chi connectivity index (χ4n) is 11.7. The Morgan fingerprint density at radius 1 is 0.341 bits per heavy atom. The van der Waals surface area contributed by atoms with Crippen LogP contribution in [0.1, 0.15) is 412 Å². The van der Waals surface area contributed by atoms with Gasteiger partial charge in [0.25, 0.3) is 0 Å². The molecule has 0 radical (unpaired) electrons. The third-order valence-electron chi connectivity index (χ3n) is 17.4. The second-order valence-corrected chi connectivity index (χ2v) is 25.6. The number of amides is 1. The number of unbranched alkanes of at least 4 members (excludes halogenated alkanes) is 55. The predicted molar refractivity (Wildman–Crippen MR) is 361 cm³/mol. The van der Waals surface area contributed by atoms with Gasteiger partial charge in [0.15, 0.2) is 0 Å². The largest absolute Gasteiger partial charge is 0.466 e. The van der Waals surface area contributed by atoms with E-state index < -0.39 is 12.1 Å². The van der Waals surface area contributed by atoms with Crippen LogP contribution in [0.3, 0.4) is 0 Å². The number of hydrogen-bond donors (Lipinski definition) is 3. The number of hydrogen-bond acceptors (Lipinski definition) is 5. The Bertz CT molecular complexity index is 1330. The molecular formula is C76H145NO5. The summed E-state index contributed by atoms with van der Waals surface area (Å²) in [6, 6.07) is -0.623. The topological polar surface area (TPSA) is 95.9 Å². The second kappa shape index (κ2) is 71.6. The first-order valence-electron chi connectivity index (χ1n) is 37.3. The molecule has 2 unspecified atom stereocenters. The van der Waals surface area contributed by atoms with Crippen molar-refractivity contribution in [2.75, 3.05) is 13.2 Å². The first-order valence-corrected chi connectivity index (χ1v) is 37.3. The lowest BCUT2D eigenvalue weighted by molar-refractivity contribution is -0.143. The maximum absolute atomic E-state index is 12.5. The number of carbonyl (C=O) groups is 2. The molecule has 3 N–H and O–H groups in total. The minimum Gasteiger partial charge on any atom is -0.466 e. The summed E-state index contributed by atoms with van der Waals surface area (Å²) in [6.07, 6.45) is 92.5. The van der Waals surface area contributed by atoms with Crippen molar-refractivity contribution >= 4 is 11.9 Å². The fourth-order valence-corrected chi connectivity index (χ4v) is 11.7. The van der Waals surface area contributed by atoms with Crippen LogP contribution < -0.4 is 5.32 Å². The fraction of sp³-hybridized carbons (Fsp3) is 0.895. The zero-order valence-electron chi connectivity index (χ0n) is 55.5. The monoisotopic (exact) mass is 1150 g/mol. The first kappa shape index (κ1) is 80.1. The maximum Gasteiger partial charge on any atom is 0.305 e. The van der Waals surface area contributed by atoms with Gasteiger partial charge in [-0.15, -0.1) is 0 Å². The number of allylic oxidation sites excluding steroid dienone is 5. The average molecular weight is 1150 g/mol. The summed E-state index contributed by atoms with van der Waals surface area (Å²) >= 11 is 0. The molecule has 6 heteroatoms. The Morgan fingerprint density at radius 3 is 0.951 bits per heavy atom. The lowest BCUT2D eigenvalue weighted by atomic mass is 10.0. The van der Waals surface area contributed by atoms with Crippen LogP contribution >= 0.6 is 0 Å². The van der Waals surface area contributed by atoms with Gasteiger partial charge < -0.3 is 20.3 Å². The highest BCUT2D eigenvalue weighted by atomic mass is 16.5. The molecule has 0 aliphatic rings. The van der Waals surface area contributed by atoms with Crippen LogP contribution in [-0.4, -0.2) is 47.4 Å². The molecule has 0 aliphatic heterocycles. The molecule has 82 heavy (non-hydrogen) atoms. The van der Waals surface area contributed by atoms with Gasteiger partial charge in [0.05, 0.1) is 25.4 Å². The number of carbonyl (C=O) groups excluding carboxylic acids is 2. The highest BCUT2D eigenvalue weighted by Crippen LogP contribution is 2.19. The maximum atomic E-state index is 12.5. The van der Waals surface area contributed by atoms with Crippen LogP contribution in [0.25, 0.3) is 0 Å². The molecule has 0 aromatic rings. The Hall–Kier alpha value is -1.92. The summed E-state index contributed by atoms with van der Waals surface area (Å²) in [5, 5.41) is 23.2. The number of esters is 1. The Kier molecular flexibility index (Phi) is 69.9. The Balaban J connectivity index is 3.32. The van der Waals surface area contributed by atoms with Crippen molar-refractivity contribution in [3.8, 4) is 0 Å². The van der Waals surface area contributed by atoms with Crippen molar-refractivity contribution in [1.29, 1.82) is 0 Å². The van der Waals surface area contributed by atoms with Crippen molar-refractivity contribution < 1.29 is 24.5 Å². The van der Waals surface area contributed by atoms with Crippen LogP contribution in [0.4, 0.5) is 0 Å². The lowest BCUT2D eigenvalue weighted by Gasteiger charge is -2.20. The van der Waals surface area contributed by atoms with Crippen LogP contribution in [0.5, 0.6) is 0 Å². The molecule has 0 saturated carbocycles. The molecule has 0 rings (SSSR count). The standard InChI is InChI=1S/C76H145NO5/c1-3-5-7-9-11-13-15-17-40-44-48-52-56-60-64-68-74(79)73(72-78)77-75(80)69-65-61-57-53-49-45-42-38-36-34-32-30-28-26-24-22-20-19-21-23-25-27-29-31-33-35-37-39-43-47-51-55-59-63-67-71-82-76(81)70-66-62-58-54-50-46-41-18-16-14-12-10-8-6-4-2/h12,14,18,41,64,68,73-74,78-79H,3-11,13,15-17,19-40,42-63,65-67,69-72H2,1-2H3,(H,77,80)/b14-12-,41-18-,68-64+. The molecule has 2 atom stereocenters. The third-order valence-corrected chi connectivity index (χ3v) is 17.4. The lowest BCUT2D eigenvalue weighted by Crippen LogP contribution is -2.45. The number of rotatable bonds is 70. The SMILES string of the molecule is CCCCC/C=C\C/C=C\CCCCCCCC(=O)OCCCCCCCCCCCCCCCCCCCCCCCCCCCCCCCCCCCCCC(=O)NC(CO)C(O)/C=C/CCCCCCCCCCCCCCC. The Labute approximate surface area is 513 Å². The highest BCUT2D eigenvalue weighted by molar-refractivity contribution is 5.76. The zero-order chi connectivity index (χ0) is 59.2. The molecular weight excluding hydrogens is 1010 g/mol. The molecule has 0 aromatic heterocycles. The quantitative estimate of drug-likeness (QED) is 0.0320. The number of aliphatic hydroxyl groups excluding tert-OH is 2. The molecule has 6 nitrogen and oxygen atoms in total. The molecule has 484 valence electrons. The summed E-state index contributed by atoms with van der Waals surface area (Å²) in [5.74, 6) is -0.0515. The normalized spacial score (nSPS) is 12.7. The van der Waals surface area contributed by atoms with Crippen LogP contribution in [0.2, 0.25) is 0 Å². The van der Waals surface area contributed by atoms with Gasteiger partial charge in [-0.3, -0.25) is 9.59 Å². The molecule has 0 fully saturated rings. The summed E-state index contributed by atoms with van der Waals surface area (Å²) in [4.78, 5) is 24.6. The van der Waals surface area contributed by atoms with Crippen molar-refractivity contribution in [3.63, 3.8) is 0 Å². The van der Waals surface area contributed by atoms with Crippen molar-refractivity contribution in [1.82, 2.24) is 5.32 Å². The molecule has 1 amide bonds. The van der Waals surface area contributed by atoms with E-state index in [1.54, 1.807) is 6.08 Å². The molecule has 0 aromatic carbocycles. The summed E-state index contributed by atoms with van der Waals surface area (Å²) < 4.78 is 5.49. The second-order valence-electron chi connectivity index (χ2n) is 25.6. The van der Waals surface area contributed by atoms with E-state index >= 15 is 0 Å². The van der Waals surface area contributed by atoms with E-state index in [2.05, 4.69) is 43.5 Å². The average Bonchev–Trinajstić information content (AvgIpc) is 3.48. The van der Waals surface area contributed by atoms with E-state index in [4.69, 9.17) is 4.74 Å². The molecule has 0 heterocycles. The van der Waals surface area contributed by atoms with E-state index in [-0.39, 0.29) is 18.5 Å². The molecule has 0 aliphatic carbocycles. The number of nitrogens with one attached hydrogen (secondary N) is 1. The van der Waals surface area contributed by atoms with E-state index in [1.807, 2.05) is 6.08 Å². The number of aliphatic hydroxyl groups is 2. The van der Waals surface area contributed by atoms with Gasteiger partial charge in [0.2, 0.25) is 5.91 Å². The molecule has 0 spiro atoms. The first-order chi connectivity index (χ1) is 40.5. The van der Waals surface area contributed by atoms with E-state index in [0.29, 0.717) is 19.4 Å². The summed E-state index contributed by atoms with van der Waals surface area (Å²) in [7, 11) is 0. The summed E-state index contributed by atoms with van der Waals surface area (Å²) in [6.45, 7) is 4.90. The van der Waals surface area contributed by atoms with E-state index in [9.17, 15) is 19.8 Å². The minimum atomic E-state index is -0.840.